The SMILES string of the molecule is CCOCCOc1ccccc1NC(=O)CNc1ccccc1OC. The standard InChI is InChI=1S/C19H24N2O4/c1-3-24-12-13-25-18-11-7-5-9-16(18)21-19(22)14-20-15-8-4-6-10-17(15)23-2/h4-11,20H,3,12-14H2,1-2H3,(H,21,22). The van der Waals surface area contributed by atoms with Crippen molar-refractivity contribution in [3.05, 3.63) is 48.5 Å². The van der Waals surface area contributed by atoms with E-state index in [2.05, 4.69) is 10.6 Å². The van der Waals surface area contributed by atoms with Crippen LogP contribution >= 0.6 is 0 Å². The van der Waals surface area contributed by atoms with Crippen molar-refractivity contribution in [1.29, 1.82) is 0 Å². The molecule has 0 spiro atoms. The summed E-state index contributed by atoms with van der Waals surface area (Å²) in [5, 5.41) is 5.92. The fraction of sp³-hybridized carbons (Fsp3) is 0.316. The summed E-state index contributed by atoms with van der Waals surface area (Å²) in [6.07, 6.45) is 0. The second-order valence-electron chi connectivity index (χ2n) is 5.14. The molecule has 0 radical (unpaired) electrons. The van der Waals surface area contributed by atoms with Gasteiger partial charge in [0.1, 0.15) is 18.1 Å². The van der Waals surface area contributed by atoms with E-state index in [0.717, 1.165) is 5.69 Å². The molecule has 0 atom stereocenters. The van der Waals surface area contributed by atoms with E-state index in [1.54, 1.807) is 13.2 Å². The Morgan fingerprint density at radius 2 is 1.64 bits per heavy atom. The largest absolute Gasteiger partial charge is 0.495 e. The zero-order chi connectivity index (χ0) is 17.9. The molecule has 0 saturated carbocycles. The maximum atomic E-state index is 12.2. The summed E-state index contributed by atoms with van der Waals surface area (Å²) in [7, 11) is 1.59. The molecule has 0 heterocycles. The van der Waals surface area contributed by atoms with Gasteiger partial charge in [-0.3, -0.25) is 4.79 Å². The van der Waals surface area contributed by atoms with Crippen molar-refractivity contribution in [1.82, 2.24) is 0 Å². The van der Waals surface area contributed by atoms with E-state index in [1.165, 1.54) is 0 Å². The molecule has 2 N–H and O–H groups in total. The Labute approximate surface area is 148 Å². The molecule has 1 amide bonds. The van der Waals surface area contributed by atoms with E-state index < -0.39 is 0 Å². The first-order valence-corrected chi connectivity index (χ1v) is 8.21. The highest BCUT2D eigenvalue weighted by molar-refractivity contribution is 5.95. The van der Waals surface area contributed by atoms with Crippen LogP contribution in [0.2, 0.25) is 0 Å². The van der Waals surface area contributed by atoms with Crippen molar-refractivity contribution in [3.63, 3.8) is 0 Å². The minimum Gasteiger partial charge on any atom is -0.495 e. The number of carbonyl (C=O) groups excluding carboxylic acids is 1. The molecular weight excluding hydrogens is 320 g/mol. The van der Waals surface area contributed by atoms with Crippen LogP contribution in [0.4, 0.5) is 11.4 Å². The van der Waals surface area contributed by atoms with Gasteiger partial charge in [0, 0.05) is 6.61 Å². The number of anilines is 2. The first-order chi connectivity index (χ1) is 12.2. The van der Waals surface area contributed by atoms with E-state index in [0.29, 0.717) is 37.0 Å². The summed E-state index contributed by atoms with van der Waals surface area (Å²) in [5.41, 5.74) is 1.40. The van der Waals surface area contributed by atoms with Crippen molar-refractivity contribution in [2.24, 2.45) is 0 Å². The summed E-state index contributed by atoms with van der Waals surface area (Å²) >= 11 is 0. The first kappa shape index (κ1) is 18.6. The van der Waals surface area contributed by atoms with E-state index in [1.807, 2.05) is 49.4 Å². The second-order valence-corrected chi connectivity index (χ2v) is 5.14. The highest BCUT2D eigenvalue weighted by Gasteiger charge is 2.09. The van der Waals surface area contributed by atoms with E-state index in [9.17, 15) is 4.79 Å². The molecule has 0 aromatic heterocycles. The lowest BCUT2D eigenvalue weighted by molar-refractivity contribution is -0.114. The van der Waals surface area contributed by atoms with Crippen LogP contribution in [0.15, 0.2) is 48.5 Å². The van der Waals surface area contributed by atoms with Crippen molar-refractivity contribution in [2.75, 3.05) is 44.1 Å². The highest BCUT2D eigenvalue weighted by atomic mass is 16.5. The Bertz CT molecular complexity index is 676. The molecule has 2 rings (SSSR count). The summed E-state index contributed by atoms with van der Waals surface area (Å²) in [6, 6.07) is 14.8. The van der Waals surface area contributed by atoms with Crippen LogP contribution in [-0.2, 0) is 9.53 Å². The topological polar surface area (TPSA) is 68.8 Å². The number of para-hydroxylation sites is 4. The molecule has 0 aliphatic carbocycles. The summed E-state index contributed by atoms with van der Waals surface area (Å²) < 4.78 is 16.2. The summed E-state index contributed by atoms with van der Waals surface area (Å²) in [4.78, 5) is 12.2. The predicted molar refractivity (Wildman–Crippen MR) is 98.5 cm³/mol. The third-order valence-corrected chi connectivity index (χ3v) is 3.40. The van der Waals surface area contributed by atoms with Gasteiger partial charge in [-0.25, -0.2) is 0 Å². The molecule has 0 fully saturated rings. The number of rotatable bonds is 10. The minimum atomic E-state index is -0.174. The van der Waals surface area contributed by atoms with Crippen molar-refractivity contribution in [3.8, 4) is 11.5 Å². The van der Waals surface area contributed by atoms with Crippen LogP contribution in [0.3, 0.4) is 0 Å². The quantitative estimate of drug-likeness (QED) is 0.648. The smallest absolute Gasteiger partial charge is 0.243 e. The molecule has 0 unspecified atom stereocenters. The van der Waals surface area contributed by atoms with Crippen LogP contribution < -0.4 is 20.1 Å². The summed E-state index contributed by atoms with van der Waals surface area (Å²) in [6.45, 7) is 3.64. The molecule has 0 aliphatic rings. The predicted octanol–water partition coefficient (Wildman–Crippen LogP) is 3.16. The van der Waals surface area contributed by atoms with Crippen LogP contribution in [0.1, 0.15) is 6.92 Å². The molecule has 0 bridgehead atoms. The Morgan fingerprint density at radius 3 is 2.36 bits per heavy atom. The third kappa shape index (κ3) is 6.00. The number of nitrogens with one attached hydrogen (secondary N) is 2. The molecule has 6 nitrogen and oxygen atoms in total. The maximum Gasteiger partial charge on any atom is 0.243 e. The Balaban J connectivity index is 1.89. The first-order valence-electron chi connectivity index (χ1n) is 8.21. The van der Waals surface area contributed by atoms with Gasteiger partial charge in [0.2, 0.25) is 5.91 Å². The lowest BCUT2D eigenvalue weighted by Gasteiger charge is -2.14. The third-order valence-electron chi connectivity index (χ3n) is 3.40. The maximum absolute atomic E-state index is 12.2. The number of ether oxygens (including phenoxy) is 3. The van der Waals surface area contributed by atoms with Gasteiger partial charge in [0.15, 0.2) is 0 Å². The van der Waals surface area contributed by atoms with Gasteiger partial charge in [0.25, 0.3) is 0 Å². The number of benzene rings is 2. The monoisotopic (exact) mass is 344 g/mol. The molecule has 2 aromatic rings. The van der Waals surface area contributed by atoms with Crippen LogP contribution in [0, 0.1) is 0 Å². The van der Waals surface area contributed by atoms with Crippen molar-refractivity contribution in [2.45, 2.75) is 6.92 Å². The van der Waals surface area contributed by atoms with Crippen LogP contribution in [-0.4, -0.2) is 39.4 Å². The lowest BCUT2D eigenvalue weighted by Crippen LogP contribution is -2.22. The fourth-order valence-corrected chi connectivity index (χ4v) is 2.21. The minimum absolute atomic E-state index is 0.119. The van der Waals surface area contributed by atoms with Gasteiger partial charge in [-0.05, 0) is 31.2 Å². The van der Waals surface area contributed by atoms with E-state index in [4.69, 9.17) is 14.2 Å². The molecule has 25 heavy (non-hydrogen) atoms. The number of hydrogen-bond acceptors (Lipinski definition) is 5. The van der Waals surface area contributed by atoms with Gasteiger partial charge in [-0.15, -0.1) is 0 Å². The number of carbonyl (C=O) groups is 1. The Morgan fingerprint density at radius 1 is 0.960 bits per heavy atom. The van der Waals surface area contributed by atoms with E-state index >= 15 is 0 Å². The van der Waals surface area contributed by atoms with Gasteiger partial charge in [-0.2, -0.15) is 0 Å². The molecule has 0 saturated heterocycles. The van der Waals surface area contributed by atoms with Crippen molar-refractivity contribution >= 4 is 17.3 Å². The lowest BCUT2D eigenvalue weighted by atomic mass is 10.2. The van der Waals surface area contributed by atoms with E-state index in [-0.39, 0.29) is 12.5 Å². The zero-order valence-corrected chi connectivity index (χ0v) is 14.6. The molecule has 2 aromatic carbocycles. The average molecular weight is 344 g/mol. The molecular formula is C19H24N2O4. The van der Waals surface area contributed by atoms with Crippen molar-refractivity contribution < 1.29 is 19.0 Å². The van der Waals surface area contributed by atoms with Gasteiger partial charge in [-0.1, -0.05) is 24.3 Å². The van der Waals surface area contributed by atoms with Gasteiger partial charge in [0.05, 0.1) is 31.6 Å². The molecule has 134 valence electrons. The fourth-order valence-electron chi connectivity index (χ4n) is 2.21. The zero-order valence-electron chi connectivity index (χ0n) is 14.6. The Kier molecular flexibility index (Phi) is 7.59. The number of methoxy groups -OCH3 is 1. The summed E-state index contributed by atoms with van der Waals surface area (Å²) in [5.74, 6) is 1.13. The highest BCUT2D eigenvalue weighted by Crippen LogP contribution is 2.24. The molecule has 6 heteroatoms. The van der Waals surface area contributed by atoms with Gasteiger partial charge >= 0.3 is 0 Å². The average Bonchev–Trinajstić information content (AvgIpc) is 2.65. The normalized spacial score (nSPS) is 10.2. The number of hydrogen-bond donors (Lipinski definition) is 2. The second kappa shape index (κ2) is 10.2. The number of amides is 1. The Hall–Kier alpha value is -2.73. The molecule has 0 aliphatic heterocycles. The van der Waals surface area contributed by atoms with Crippen LogP contribution in [0.25, 0.3) is 0 Å². The van der Waals surface area contributed by atoms with Gasteiger partial charge < -0.3 is 24.8 Å². The van der Waals surface area contributed by atoms with Crippen LogP contribution in [0.5, 0.6) is 11.5 Å².